The van der Waals surface area contributed by atoms with E-state index in [1.165, 1.54) is 31.2 Å². The third-order valence-electron chi connectivity index (χ3n) is 1.98. The highest BCUT2D eigenvalue weighted by Crippen LogP contribution is 2.19. The molecule has 0 amide bonds. The SMILES string of the molecule is C#C[C@](C)(O)c1ccc(C(=O)O)cc1. The predicted molar refractivity (Wildman–Crippen MR) is 51.8 cm³/mol. The van der Waals surface area contributed by atoms with Crippen LogP contribution in [-0.4, -0.2) is 16.2 Å². The van der Waals surface area contributed by atoms with Crippen LogP contribution < -0.4 is 0 Å². The van der Waals surface area contributed by atoms with Crippen molar-refractivity contribution >= 4 is 5.97 Å². The second kappa shape index (κ2) is 3.52. The quantitative estimate of drug-likeness (QED) is 0.689. The van der Waals surface area contributed by atoms with Crippen molar-refractivity contribution in [3.63, 3.8) is 0 Å². The molecule has 0 spiro atoms. The maximum atomic E-state index is 10.5. The smallest absolute Gasteiger partial charge is 0.335 e. The largest absolute Gasteiger partial charge is 0.478 e. The summed E-state index contributed by atoms with van der Waals surface area (Å²) in [5.41, 5.74) is -0.677. The highest BCUT2D eigenvalue weighted by Gasteiger charge is 2.19. The lowest BCUT2D eigenvalue weighted by molar-refractivity contribution is 0.0696. The van der Waals surface area contributed by atoms with E-state index in [0.29, 0.717) is 5.56 Å². The van der Waals surface area contributed by atoms with E-state index in [9.17, 15) is 9.90 Å². The molecular formula is C11H10O3. The van der Waals surface area contributed by atoms with Gasteiger partial charge in [-0.2, -0.15) is 0 Å². The summed E-state index contributed by atoms with van der Waals surface area (Å²) in [5, 5.41) is 18.3. The minimum absolute atomic E-state index is 0.168. The lowest BCUT2D eigenvalue weighted by atomic mass is 9.96. The summed E-state index contributed by atoms with van der Waals surface area (Å²) in [6.45, 7) is 1.47. The zero-order valence-electron chi connectivity index (χ0n) is 7.69. The molecule has 14 heavy (non-hydrogen) atoms. The summed E-state index contributed by atoms with van der Waals surface area (Å²) in [6, 6.07) is 5.82. The summed E-state index contributed by atoms with van der Waals surface area (Å²) >= 11 is 0. The van der Waals surface area contributed by atoms with Crippen LogP contribution in [0.5, 0.6) is 0 Å². The van der Waals surface area contributed by atoms with Crippen LogP contribution in [0, 0.1) is 12.3 Å². The number of carbonyl (C=O) groups is 1. The Hall–Kier alpha value is -1.79. The van der Waals surface area contributed by atoms with Crippen LogP contribution in [0.15, 0.2) is 24.3 Å². The maximum absolute atomic E-state index is 10.5. The summed E-state index contributed by atoms with van der Waals surface area (Å²) in [6.07, 6.45) is 5.12. The van der Waals surface area contributed by atoms with Gasteiger partial charge in [0.15, 0.2) is 0 Å². The van der Waals surface area contributed by atoms with E-state index in [1.54, 1.807) is 0 Å². The Morgan fingerprint density at radius 1 is 1.43 bits per heavy atom. The first-order valence-corrected chi connectivity index (χ1v) is 4.01. The molecule has 1 aromatic rings. The molecule has 0 radical (unpaired) electrons. The first kappa shape index (κ1) is 10.3. The minimum Gasteiger partial charge on any atom is -0.478 e. The van der Waals surface area contributed by atoms with Crippen LogP contribution in [-0.2, 0) is 5.60 Å². The van der Waals surface area contributed by atoms with Crippen LogP contribution in [0.25, 0.3) is 0 Å². The summed E-state index contributed by atoms with van der Waals surface area (Å²) in [5.74, 6) is 1.21. The average Bonchev–Trinajstić information content (AvgIpc) is 2.18. The third kappa shape index (κ3) is 1.93. The molecule has 1 atom stereocenters. The molecule has 1 rings (SSSR count). The van der Waals surface area contributed by atoms with Gasteiger partial charge in [0.05, 0.1) is 5.56 Å². The second-order valence-electron chi connectivity index (χ2n) is 3.10. The topological polar surface area (TPSA) is 57.5 Å². The van der Waals surface area contributed by atoms with E-state index < -0.39 is 11.6 Å². The summed E-state index contributed by atoms with van der Waals surface area (Å²) in [4.78, 5) is 10.5. The molecule has 0 aliphatic heterocycles. The zero-order chi connectivity index (χ0) is 10.8. The number of rotatable bonds is 2. The molecule has 0 aromatic heterocycles. The lowest BCUT2D eigenvalue weighted by Gasteiger charge is -2.16. The molecule has 3 heteroatoms. The highest BCUT2D eigenvalue weighted by atomic mass is 16.4. The van der Waals surface area contributed by atoms with Crippen molar-refractivity contribution in [3.8, 4) is 12.3 Å². The van der Waals surface area contributed by atoms with Gasteiger partial charge in [-0.05, 0) is 24.6 Å². The van der Waals surface area contributed by atoms with Crippen molar-refractivity contribution in [2.24, 2.45) is 0 Å². The molecule has 0 aliphatic rings. The highest BCUT2D eigenvalue weighted by molar-refractivity contribution is 5.87. The van der Waals surface area contributed by atoms with Gasteiger partial charge in [0.2, 0.25) is 0 Å². The Morgan fingerprint density at radius 2 is 1.93 bits per heavy atom. The van der Waals surface area contributed by atoms with Gasteiger partial charge in [-0.15, -0.1) is 6.42 Å². The number of aromatic carboxylic acids is 1. The number of terminal acetylenes is 1. The minimum atomic E-state index is -1.35. The molecule has 0 aliphatic carbocycles. The number of carboxylic acids is 1. The molecule has 0 unspecified atom stereocenters. The Kier molecular flexibility index (Phi) is 2.59. The number of carboxylic acid groups (broad SMARTS) is 1. The van der Waals surface area contributed by atoms with E-state index in [4.69, 9.17) is 11.5 Å². The Balaban J connectivity index is 3.07. The fourth-order valence-electron chi connectivity index (χ4n) is 1.02. The van der Waals surface area contributed by atoms with Gasteiger partial charge in [-0.3, -0.25) is 0 Å². The number of benzene rings is 1. The summed E-state index contributed by atoms with van der Waals surface area (Å²) < 4.78 is 0. The van der Waals surface area contributed by atoms with Gasteiger partial charge in [-0.25, -0.2) is 4.79 Å². The van der Waals surface area contributed by atoms with Crippen molar-refractivity contribution < 1.29 is 15.0 Å². The van der Waals surface area contributed by atoms with Gasteiger partial charge in [0.25, 0.3) is 0 Å². The molecule has 2 N–H and O–H groups in total. The molecule has 0 bridgehead atoms. The zero-order valence-corrected chi connectivity index (χ0v) is 7.69. The predicted octanol–water partition coefficient (Wildman–Crippen LogP) is 1.23. The Bertz CT molecular complexity index is 382. The lowest BCUT2D eigenvalue weighted by Crippen LogP contribution is -2.18. The molecule has 0 fully saturated rings. The van der Waals surface area contributed by atoms with Crippen molar-refractivity contribution in [3.05, 3.63) is 35.4 Å². The van der Waals surface area contributed by atoms with Crippen molar-refractivity contribution in [1.29, 1.82) is 0 Å². The van der Waals surface area contributed by atoms with Gasteiger partial charge in [0.1, 0.15) is 5.60 Å². The van der Waals surface area contributed by atoms with Gasteiger partial charge in [-0.1, -0.05) is 18.1 Å². The molecule has 72 valence electrons. The summed E-state index contributed by atoms with van der Waals surface area (Å²) in [7, 11) is 0. The molecule has 0 saturated carbocycles. The Morgan fingerprint density at radius 3 is 2.29 bits per heavy atom. The van der Waals surface area contributed by atoms with E-state index in [1.807, 2.05) is 0 Å². The van der Waals surface area contributed by atoms with E-state index >= 15 is 0 Å². The second-order valence-corrected chi connectivity index (χ2v) is 3.10. The number of hydrogen-bond acceptors (Lipinski definition) is 2. The molecule has 3 nitrogen and oxygen atoms in total. The standard InChI is InChI=1S/C11H10O3/c1-3-11(2,14)9-6-4-8(5-7-9)10(12)13/h1,4-7,14H,2H3,(H,12,13)/t11-/m0/s1. The van der Waals surface area contributed by atoms with Crippen LogP contribution in [0.3, 0.4) is 0 Å². The van der Waals surface area contributed by atoms with Crippen LogP contribution in [0.2, 0.25) is 0 Å². The monoisotopic (exact) mass is 190 g/mol. The number of hydrogen-bond donors (Lipinski definition) is 2. The molecular weight excluding hydrogens is 180 g/mol. The van der Waals surface area contributed by atoms with E-state index in [2.05, 4.69) is 5.92 Å². The third-order valence-corrected chi connectivity index (χ3v) is 1.98. The van der Waals surface area contributed by atoms with Crippen molar-refractivity contribution in [2.75, 3.05) is 0 Å². The van der Waals surface area contributed by atoms with Crippen LogP contribution in [0.1, 0.15) is 22.8 Å². The van der Waals surface area contributed by atoms with Crippen LogP contribution in [0.4, 0.5) is 0 Å². The maximum Gasteiger partial charge on any atom is 0.335 e. The van der Waals surface area contributed by atoms with E-state index in [0.717, 1.165) is 0 Å². The average molecular weight is 190 g/mol. The molecule has 0 saturated heterocycles. The number of aliphatic hydroxyl groups is 1. The van der Waals surface area contributed by atoms with E-state index in [-0.39, 0.29) is 5.56 Å². The molecule has 0 heterocycles. The van der Waals surface area contributed by atoms with Crippen LogP contribution >= 0.6 is 0 Å². The fourth-order valence-corrected chi connectivity index (χ4v) is 1.02. The first-order chi connectivity index (χ1) is 6.47. The van der Waals surface area contributed by atoms with Gasteiger partial charge < -0.3 is 10.2 Å². The normalized spacial score (nSPS) is 14.1. The first-order valence-electron chi connectivity index (χ1n) is 4.01. The van der Waals surface area contributed by atoms with Crippen molar-refractivity contribution in [1.82, 2.24) is 0 Å². The van der Waals surface area contributed by atoms with Gasteiger partial charge in [0, 0.05) is 0 Å². The van der Waals surface area contributed by atoms with Crippen molar-refractivity contribution in [2.45, 2.75) is 12.5 Å². The molecule has 1 aromatic carbocycles. The van der Waals surface area contributed by atoms with Gasteiger partial charge >= 0.3 is 5.97 Å². The fraction of sp³-hybridized carbons (Fsp3) is 0.182. The Labute approximate surface area is 82.0 Å².